The van der Waals surface area contributed by atoms with Crippen LogP contribution in [-0.2, 0) is 4.79 Å². The Hall–Kier alpha value is -2.56. The molecule has 1 aromatic heterocycles. The van der Waals surface area contributed by atoms with E-state index in [1.165, 1.54) is 12.5 Å². The molecule has 0 radical (unpaired) electrons. The molecule has 5 heteroatoms. The molecule has 0 aliphatic carbocycles. The molecular formula is C20H22N2O3. The first kappa shape index (κ1) is 15.9. The highest BCUT2D eigenvalue weighted by Gasteiger charge is 2.50. The van der Waals surface area contributed by atoms with Crippen LogP contribution in [0.15, 0.2) is 53.3 Å². The van der Waals surface area contributed by atoms with E-state index < -0.39 is 0 Å². The van der Waals surface area contributed by atoms with E-state index in [1.807, 2.05) is 47.2 Å². The number of piperidine rings is 1. The number of furan rings is 1. The largest absolute Gasteiger partial charge is 0.472 e. The van der Waals surface area contributed by atoms with E-state index in [4.69, 9.17) is 4.42 Å². The number of likely N-dealkylation sites (N-methyl/N-ethyl adjacent to an activating group) is 1. The van der Waals surface area contributed by atoms with Crippen LogP contribution in [0.4, 0.5) is 0 Å². The van der Waals surface area contributed by atoms with Gasteiger partial charge in [0.2, 0.25) is 5.91 Å². The van der Waals surface area contributed by atoms with Gasteiger partial charge in [-0.3, -0.25) is 9.59 Å². The molecule has 1 atom stereocenters. The van der Waals surface area contributed by atoms with E-state index in [1.54, 1.807) is 6.07 Å². The summed E-state index contributed by atoms with van der Waals surface area (Å²) in [6.07, 6.45) is 5.49. The summed E-state index contributed by atoms with van der Waals surface area (Å²) in [6.45, 7) is 1.34. The average molecular weight is 338 g/mol. The van der Waals surface area contributed by atoms with Crippen molar-refractivity contribution in [3.05, 3.63) is 60.1 Å². The van der Waals surface area contributed by atoms with Crippen molar-refractivity contribution in [2.24, 2.45) is 0 Å². The second kappa shape index (κ2) is 6.06. The molecule has 2 aliphatic rings. The fourth-order valence-corrected chi connectivity index (χ4v) is 4.25. The Balaban J connectivity index is 1.49. The SMILES string of the molecule is CN1C(=O)[C@@H](c2ccccc2)CC12CCN(C(=O)c1ccoc1)CC2. The predicted octanol–water partition coefficient (Wildman–Crippen LogP) is 2.90. The Morgan fingerprint density at radius 1 is 1.16 bits per heavy atom. The smallest absolute Gasteiger partial charge is 0.257 e. The molecule has 1 aromatic carbocycles. The van der Waals surface area contributed by atoms with Crippen molar-refractivity contribution in [2.45, 2.75) is 30.7 Å². The maximum absolute atomic E-state index is 12.8. The van der Waals surface area contributed by atoms with Crippen molar-refractivity contribution in [1.29, 1.82) is 0 Å². The van der Waals surface area contributed by atoms with E-state index in [-0.39, 0.29) is 23.3 Å². The first-order valence-corrected chi connectivity index (χ1v) is 8.75. The third kappa shape index (κ3) is 2.64. The molecule has 25 heavy (non-hydrogen) atoms. The Morgan fingerprint density at radius 2 is 1.88 bits per heavy atom. The lowest BCUT2D eigenvalue weighted by atomic mass is 9.81. The molecule has 3 heterocycles. The summed E-state index contributed by atoms with van der Waals surface area (Å²) >= 11 is 0. The van der Waals surface area contributed by atoms with Crippen molar-refractivity contribution < 1.29 is 14.0 Å². The molecule has 130 valence electrons. The molecule has 2 aromatic rings. The minimum absolute atomic E-state index is 0.00943. The van der Waals surface area contributed by atoms with Gasteiger partial charge < -0.3 is 14.2 Å². The van der Waals surface area contributed by atoms with Crippen LogP contribution in [0, 0.1) is 0 Å². The summed E-state index contributed by atoms with van der Waals surface area (Å²) in [5, 5.41) is 0. The molecule has 1 spiro atoms. The number of rotatable bonds is 2. The molecular weight excluding hydrogens is 316 g/mol. The summed E-state index contributed by atoms with van der Waals surface area (Å²) in [5.41, 5.74) is 1.55. The zero-order valence-electron chi connectivity index (χ0n) is 14.4. The monoisotopic (exact) mass is 338 g/mol. The van der Waals surface area contributed by atoms with Gasteiger partial charge >= 0.3 is 0 Å². The van der Waals surface area contributed by atoms with Crippen LogP contribution in [0.2, 0.25) is 0 Å². The molecule has 4 rings (SSSR count). The van der Waals surface area contributed by atoms with Crippen molar-refractivity contribution in [3.63, 3.8) is 0 Å². The van der Waals surface area contributed by atoms with Gasteiger partial charge in [0, 0.05) is 25.7 Å². The molecule has 0 bridgehead atoms. The summed E-state index contributed by atoms with van der Waals surface area (Å²) in [6, 6.07) is 11.7. The van der Waals surface area contributed by atoms with Gasteiger partial charge in [-0.2, -0.15) is 0 Å². The third-order valence-electron chi connectivity index (χ3n) is 5.88. The van der Waals surface area contributed by atoms with Crippen molar-refractivity contribution in [1.82, 2.24) is 9.80 Å². The average Bonchev–Trinajstić information content (AvgIpc) is 3.27. The quantitative estimate of drug-likeness (QED) is 0.846. The number of likely N-dealkylation sites (tertiary alicyclic amines) is 2. The minimum atomic E-state index is -0.134. The first-order chi connectivity index (χ1) is 12.1. The maximum atomic E-state index is 12.8. The Labute approximate surface area is 147 Å². The van der Waals surface area contributed by atoms with Gasteiger partial charge in [-0.1, -0.05) is 30.3 Å². The Morgan fingerprint density at radius 3 is 2.52 bits per heavy atom. The van der Waals surface area contributed by atoms with Crippen LogP contribution < -0.4 is 0 Å². The maximum Gasteiger partial charge on any atom is 0.257 e. The van der Waals surface area contributed by atoms with Gasteiger partial charge in [-0.15, -0.1) is 0 Å². The zero-order valence-corrected chi connectivity index (χ0v) is 14.4. The van der Waals surface area contributed by atoms with Crippen molar-refractivity contribution in [2.75, 3.05) is 20.1 Å². The van der Waals surface area contributed by atoms with Gasteiger partial charge in [-0.25, -0.2) is 0 Å². The van der Waals surface area contributed by atoms with Crippen LogP contribution in [0.1, 0.15) is 41.1 Å². The van der Waals surface area contributed by atoms with Crippen LogP contribution >= 0.6 is 0 Å². The van der Waals surface area contributed by atoms with E-state index in [2.05, 4.69) is 0 Å². The molecule has 0 saturated carbocycles. The molecule has 2 amide bonds. The summed E-state index contributed by atoms with van der Waals surface area (Å²) < 4.78 is 5.01. The van der Waals surface area contributed by atoms with Gasteiger partial charge in [0.05, 0.1) is 17.7 Å². The molecule has 2 saturated heterocycles. The molecule has 5 nitrogen and oxygen atoms in total. The summed E-state index contributed by atoms with van der Waals surface area (Å²) in [4.78, 5) is 29.1. The zero-order chi connectivity index (χ0) is 17.4. The summed E-state index contributed by atoms with van der Waals surface area (Å²) in [7, 11) is 1.92. The third-order valence-corrected chi connectivity index (χ3v) is 5.88. The minimum Gasteiger partial charge on any atom is -0.472 e. The fraction of sp³-hybridized carbons (Fsp3) is 0.400. The van der Waals surface area contributed by atoms with Crippen LogP contribution in [0.25, 0.3) is 0 Å². The lowest BCUT2D eigenvalue weighted by Crippen LogP contribution is -2.52. The standard InChI is InChI=1S/C20H22N2O3/c1-21-19(24)17(15-5-3-2-4-6-15)13-20(21)8-10-22(11-9-20)18(23)16-7-12-25-14-16/h2-7,12,14,17H,8-11,13H2,1H3/t17-/m1/s1. The highest BCUT2D eigenvalue weighted by Crippen LogP contribution is 2.44. The second-order valence-corrected chi connectivity index (χ2v) is 7.09. The number of amides is 2. The Kier molecular flexibility index (Phi) is 3.86. The van der Waals surface area contributed by atoms with Gasteiger partial charge in [0.1, 0.15) is 6.26 Å². The van der Waals surface area contributed by atoms with Crippen LogP contribution in [-0.4, -0.2) is 47.3 Å². The number of hydrogen-bond donors (Lipinski definition) is 0. The molecule has 0 unspecified atom stereocenters. The number of hydrogen-bond acceptors (Lipinski definition) is 3. The van der Waals surface area contributed by atoms with Crippen LogP contribution in [0.3, 0.4) is 0 Å². The normalized spacial score (nSPS) is 22.6. The first-order valence-electron chi connectivity index (χ1n) is 8.75. The van der Waals surface area contributed by atoms with E-state index >= 15 is 0 Å². The highest BCUT2D eigenvalue weighted by molar-refractivity contribution is 5.94. The fourth-order valence-electron chi connectivity index (χ4n) is 4.25. The summed E-state index contributed by atoms with van der Waals surface area (Å²) in [5.74, 6) is 0.137. The van der Waals surface area contributed by atoms with Gasteiger partial charge in [0.15, 0.2) is 0 Å². The van der Waals surface area contributed by atoms with Gasteiger partial charge in [0.25, 0.3) is 5.91 Å². The van der Waals surface area contributed by atoms with Crippen LogP contribution in [0.5, 0.6) is 0 Å². The predicted molar refractivity (Wildman–Crippen MR) is 93.1 cm³/mol. The number of carbonyl (C=O) groups is 2. The molecule has 2 aliphatic heterocycles. The van der Waals surface area contributed by atoms with Crippen molar-refractivity contribution in [3.8, 4) is 0 Å². The molecule has 0 N–H and O–H groups in total. The lowest BCUT2D eigenvalue weighted by Gasteiger charge is -2.43. The Bertz CT molecular complexity index is 762. The number of carbonyl (C=O) groups excluding carboxylic acids is 2. The van der Waals surface area contributed by atoms with E-state index in [9.17, 15) is 9.59 Å². The second-order valence-electron chi connectivity index (χ2n) is 7.09. The van der Waals surface area contributed by atoms with E-state index in [0.717, 1.165) is 24.8 Å². The number of benzene rings is 1. The lowest BCUT2D eigenvalue weighted by molar-refractivity contribution is -0.131. The van der Waals surface area contributed by atoms with Gasteiger partial charge in [-0.05, 0) is 30.9 Å². The number of nitrogens with zero attached hydrogens (tertiary/aromatic N) is 2. The van der Waals surface area contributed by atoms with E-state index in [0.29, 0.717) is 18.7 Å². The topological polar surface area (TPSA) is 53.8 Å². The molecule has 2 fully saturated rings. The highest BCUT2D eigenvalue weighted by atomic mass is 16.3. The van der Waals surface area contributed by atoms with Crippen molar-refractivity contribution >= 4 is 11.8 Å².